The molecule has 0 radical (unpaired) electrons. The largest absolute Gasteiger partial charge is 0.550 e. The number of benzene rings is 2. The third-order valence-electron chi connectivity index (χ3n) is 3.22. The molecule has 0 aliphatic carbocycles. The molecule has 20 heavy (non-hydrogen) atoms. The van der Waals surface area contributed by atoms with Crippen molar-refractivity contribution < 1.29 is 9.90 Å². The Hall–Kier alpha value is -2.62. The number of carbonyl (C=O) groups excluding carboxylic acids is 1. The lowest BCUT2D eigenvalue weighted by Crippen LogP contribution is -2.24. The van der Waals surface area contributed by atoms with Crippen LogP contribution >= 0.6 is 0 Å². The fourth-order valence-corrected chi connectivity index (χ4v) is 2.32. The summed E-state index contributed by atoms with van der Waals surface area (Å²) >= 11 is 0. The van der Waals surface area contributed by atoms with Gasteiger partial charge in [0.15, 0.2) is 0 Å². The van der Waals surface area contributed by atoms with Crippen LogP contribution in [-0.4, -0.2) is 17.5 Å². The topological polar surface area (TPSA) is 65.0 Å². The molecular formula is C16H13N2O2-. The molecule has 1 aromatic heterocycles. The smallest absolute Gasteiger partial charge is 0.0730 e. The van der Waals surface area contributed by atoms with Crippen LogP contribution in [0.3, 0.4) is 0 Å². The predicted molar refractivity (Wildman–Crippen MR) is 77.4 cm³/mol. The maximum absolute atomic E-state index is 10.6. The Morgan fingerprint density at radius 2 is 1.55 bits per heavy atom. The van der Waals surface area contributed by atoms with E-state index >= 15 is 0 Å². The number of nitrogens with one attached hydrogen (secondary N) is 1. The van der Waals surface area contributed by atoms with E-state index in [2.05, 4.69) is 10.3 Å². The number of hydrogen-bond acceptors (Lipinski definition) is 4. The zero-order chi connectivity index (χ0) is 13.9. The SMILES string of the molecule is O=C([O-])CCNc1c2ccccc2nc2ccccc12. The Balaban J connectivity index is 2.15. The van der Waals surface area contributed by atoms with Crippen LogP contribution in [0.1, 0.15) is 6.42 Å². The molecule has 0 bridgehead atoms. The molecule has 0 fully saturated rings. The van der Waals surface area contributed by atoms with E-state index in [-0.39, 0.29) is 6.42 Å². The fraction of sp³-hybridized carbons (Fsp3) is 0.125. The minimum atomic E-state index is -1.06. The summed E-state index contributed by atoms with van der Waals surface area (Å²) in [5.41, 5.74) is 2.71. The van der Waals surface area contributed by atoms with E-state index in [1.807, 2.05) is 48.5 Å². The molecular weight excluding hydrogens is 252 g/mol. The molecule has 0 aliphatic heterocycles. The standard InChI is InChI=1S/C16H14N2O2/c19-15(20)9-10-17-16-11-5-1-3-7-13(11)18-14-8-4-2-6-12(14)16/h1-8H,9-10H2,(H,17,18)(H,19,20)/p-1. The van der Waals surface area contributed by atoms with Gasteiger partial charge in [-0.25, -0.2) is 4.98 Å². The number of nitrogens with zero attached hydrogens (tertiary/aromatic N) is 1. The molecule has 0 aliphatic rings. The van der Waals surface area contributed by atoms with Crippen LogP contribution in [-0.2, 0) is 4.79 Å². The Morgan fingerprint density at radius 1 is 1.00 bits per heavy atom. The number of pyridine rings is 1. The molecule has 0 saturated carbocycles. The Labute approximate surface area is 116 Å². The number of carbonyl (C=O) groups is 1. The molecule has 4 heteroatoms. The number of hydrogen-bond donors (Lipinski definition) is 1. The van der Waals surface area contributed by atoms with Crippen molar-refractivity contribution in [2.45, 2.75) is 6.42 Å². The maximum atomic E-state index is 10.6. The number of aromatic nitrogens is 1. The average molecular weight is 265 g/mol. The molecule has 3 aromatic rings. The van der Waals surface area contributed by atoms with Gasteiger partial charge in [-0.15, -0.1) is 0 Å². The number of aliphatic carboxylic acids is 1. The molecule has 2 aromatic carbocycles. The van der Waals surface area contributed by atoms with Crippen LogP contribution in [0.25, 0.3) is 21.8 Å². The highest BCUT2D eigenvalue weighted by Gasteiger charge is 2.07. The van der Waals surface area contributed by atoms with Crippen LogP contribution < -0.4 is 10.4 Å². The summed E-state index contributed by atoms with van der Waals surface area (Å²) in [7, 11) is 0. The molecule has 4 nitrogen and oxygen atoms in total. The number of anilines is 1. The Bertz CT molecular complexity index is 730. The first-order valence-electron chi connectivity index (χ1n) is 6.47. The van der Waals surface area contributed by atoms with Crippen molar-refractivity contribution in [2.24, 2.45) is 0 Å². The summed E-state index contributed by atoms with van der Waals surface area (Å²) in [6.45, 7) is 0.334. The van der Waals surface area contributed by atoms with E-state index in [1.165, 1.54) is 0 Å². The summed E-state index contributed by atoms with van der Waals surface area (Å²) in [6, 6.07) is 15.6. The van der Waals surface area contributed by atoms with E-state index < -0.39 is 5.97 Å². The van der Waals surface area contributed by atoms with Crippen molar-refractivity contribution in [3.8, 4) is 0 Å². The first-order valence-corrected chi connectivity index (χ1v) is 6.47. The first-order chi connectivity index (χ1) is 9.75. The third-order valence-corrected chi connectivity index (χ3v) is 3.22. The lowest BCUT2D eigenvalue weighted by molar-refractivity contribution is -0.305. The van der Waals surface area contributed by atoms with Gasteiger partial charge < -0.3 is 15.2 Å². The second-order valence-electron chi connectivity index (χ2n) is 4.57. The van der Waals surface area contributed by atoms with Gasteiger partial charge in [-0.05, 0) is 12.1 Å². The van der Waals surface area contributed by atoms with Crippen LogP contribution in [0.5, 0.6) is 0 Å². The number of fused-ring (bicyclic) bond motifs is 2. The molecule has 100 valence electrons. The van der Waals surface area contributed by atoms with E-state index in [1.54, 1.807) is 0 Å². The predicted octanol–water partition coefficient (Wildman–Crippen LogP) is 1.94. The van der Waals surface area contributed by atoms with Gasteiger partial charge in [-0.1, -0.05) is 36.4 Å². The summed E-state index contributed by atoms with van der Waals surface area (Å²) < 4.78 is 0. The maximum Gasteiger partial charge on any atom is 0.0730 e. The molecule has 0 unspecified atom stereocenters. The number of para-hydroxylation sites is 2. The van der Waals surface area contributed by atoms with Gasteiger partial charge in [0.2, 0.25) is 0 Å². The van der Waals surface area contributed by atoms with E-state index in [9.17, 15) is 9.90 Å². The van der Waals surface area contributed by atoms with Gasteiger partial charge in [-0.2, -0.15) is 0 Å². The van der Waals surface area contributed by atoms with Crippen molar-refractivity contribution in [2.75, 3.05) is 11.9 Å². The minimum absolute atomic E-state index is 0.0228. The minimum Gasteiger partial charge on any atom is -0.550 e. The Kier molecular flexibility index (Phi) is 3.21. The van der Waals surface area contributed by atoms with Crippen molar-refractivity contribution in [1.29, 1.82) is 0 Å². The lowest BCUT2D eigenvalue weighted by Gasteiger charge is -2.13. The van der Waals surface area contributed by atoms with Gasteiger partial charge in [-0.3, -0.25) is 0 Å². The highest BCUT2D eigenvalue weighted by molar-refractivity contribution is 6.07. The van der Waals surface area contributed by atoms with Gasteiger partial charge in [0.1, 0.15) is 0 Å². The van der Waals surface area contributed by atoms with Gasteiger partial charge in [0.25, 0.3) is 0 Å². The van der Waals surface area contributed by atoms with Crippen LogP contribution in [0.2, 0.25) is 0 Å². The lowest BCUT2D eigenvalue weighted by atomic mass is 10.1. The second kappa shape index (κ2) is 5.17. The summed E-state index contributed by atoms with van der Waals surface area (Å²) in [4.78, 5) is 15.2. The Morgan fingerprint density at radius 3 is 2.10 bits per heavy atom. The molecule has 0 amide bonds. The third kappa shape index (κ3) is 2.28. The summed E-state index contributed by atoms with van der Waals surface area (Å²) in [5.74, 6) is -1.06. The van der Waals surface area contributed by atoms with Crippen molar-refractivity contribution >= 4 is 33.5 Å². The highest BCUT2D eigenvalue weighted by Crippen LogP contribution is 2.30. The normalized spacial score (nSPS) is 10.8. The number of carboxylic acids is 1. The average Bonchev–Trinajstić information content (AvgIpc) is 2.46. The number of rotatable bonds is 4. The molecule has 0 saturated heterocycles. The zero-order valence-corrected chi connectivity index (χ0v) is 10.8. The van der Waals surface area contributed by atoms with Crippen LogP contribution in [0.15, 0.2) is 48.5 Å². The molecule has 0 spiro atoms. The molecule has 1 heterocycles. The monoisotopic (exact) mass is 265 g/mol. The second-order valence-corrected chi connectivity index (χ2v) is 4.57. The summed E-state index contributed by atoms with van der Waals surface area (Å²) in [5, 5.41) is 15.7. The quantitative estimate of drug-likeness (QED) is 0.732. The van der Waals surface area contributed by atoms with E-state index in [0.29, 0.717) is 6.54 Å². The molecule has 1 N–H and O–H groups in total. The van der Waals surface area contributed by atoms with E-state index in [4.69, 9.17) is 0 Å². The highest BCUT2D eigenvalue weighted by atomic mass is 16.4. The van der Waals surface area contributed by atoms with Gasteiger partial charge in [0.05, 0.1) is 16.7 Å². The number of carboxylic acid groups (broad SMARTS) is 1. The van der Waals surface area contributed by atoms with Gasteiger partial charge in [0, 0.05) is 29.7 Å². The zero-order valence-electron chi connectivity index (χ0n) is 10.8. The van der Waals surface area contributed by atoms with Crippen molar-refractivity contribution in [1.82, 2.24) is 4.98 Å². The van der Waals surface area contributed by atoms with Crippen LogP contribution in [0.4, 0.5) is 5.69 Å². The van der Waals surface area contributed by atoms with Gasteiger partial charge >= 0.3 is 0 Å². The molecule has 3 rings (SSSR count). The molecule has 0 atom stereocenters. The van der Waals surface area contributed by atoms with Crippen LogP contribution in [0, 0.1) is 0 Å². The summed E-state index contributed by atoms with van der Waals surface area (Å²) in [6.07, 6.45) is -0.0228. The van der Waals surface area contributed by atoms with E-state index in [0.717, 1.165) is 27.5 Å². The van der Waals surface area contributed by atoms with Crippen molar-refractivity contribution in [3.63, 3.8) is 0 Å². The fourth-order valence-electron chi connectivity index (χ4n) is 2.32. The first kappa shape index (κ1) is 12.4. The van der Waals surface area contributed by atoms with Crippen molar-refractivity contribution in [3.05, 3.63) is 48.5 Å².